The van der Waals surface area contributed by atoms with Gasteiger partial charge in [0.25, 0.3) is 5.91 Å². The fourth-order valence-corrected chi connectivity index (χ4v) is 2.91. The number of hydrogen-bond acceptors (Lipinski definition) is 4. The summed E-state index contributed by atoms with van der Waals surface area (Å²) < 4.78 is 0. The fourth-order valence-electron chi connectivity index (χ4n) is 2.54. The van der Waals surface area contributed by atoms with Gasteiger partial charge in [0, 0.05) is 17.6 Å². The third-order valence-electron chi connectivity index (χ3n) is 3.78. The number of aryl methyl sites for hydroxylation is 1. The van der Waals surface area contributed by atoms with Gasteiger partial charge in [0.1, 0.15) is 5.69 Å². The van der Waals surface area contributed by atoms with Crippen LogP contribution in [0.5, 0.6) is 0 Å². The van der Waals surface area contributed by atoms with Gasteiger partial charge in [0.05, 0.1) is 28.2 Å². The van der Waals surface area contributed by atoms with E-state index in [1.807, 2.05) is 13.0 Å². The van der Waals surface area contributed by atoms with Crippen LogP contribution in [-0.4, -0.2) is 27.9 Å². The summed E-state index contributed by atoms with van der Waals surface area (Å²) in [5.74, 6) is -0.147. The highest BCUT2D eigenvalue weighted by Crippen LogP contribution is 2.34. The molecule has 0 aliphatic rings. The number of aromatic nitrogens is 3. The average molecular weight is 376 g/mol. The molecule has 3 rings (SSSR count). The SMILES string of the molecule is CNC(=O)c1cc(-c2nc(N)ncc2Cl)[nH]c1-c1cc(Cl)ccc1C. The number of amides is 1. The zero-order valence-corrected chi connectivity index (χ0v) is 15.0. The van der Waals surface area contributed by atoms with Gasteiger partial charge in [-0.3, -0.25) is 4.79 Å². The first-order chi connectivity index (χ1) is 11.9. The summed E-state index contributed by atoms with van der Waals surface area (Å²) in [6, 6.07) is 7.17. The van der Waals surface area contributed by atoms with Gasteiger partial charge in [-0.25, -0.2) is 9.97 Å². The lowest BCUT2D eigenvalue weighted by Crippen LogP contribution is -2.18. The van der Waals surface area contributed by atoms with Crippen molar-refractivity contribution in [1.82, 2.24) is 20.3 Å². The molecule has 1 amide bonds. The number of nitrogens with two attached hydrogens (primary N) is 1. The average Bonchev–Trinajstić information content (AvgIpc) is 3.03. The number of carbonyl (C=O) groups excluding carboxylic acids is 1. The van der Waals surface area contributed by atoms with E-state index in [0.29, 0.717) is 32.7 Å². The number of rotatable bonds is 3. The van der Waals surface area contributed by atoms with Crippen LogP contribution < -0.4 is 11.1 Å². The first kappa shape index (κ1) is 17.3. The zero-order valence-electron chi connectivity index (χ0n) is 13.5. The smallest absolute Gasteiger partial charge is 0.253 e. The summed E-state index contributed by atoms with van der Waals surface area (Å²) in [6.07, 6.45) is 1.42. The molecular weight excluding hydrogens is 361 g/mol. The molecule has 0 bridgehead atoms. The molecule has 2 aromatic heterocycles. The molecule has 0 saturated heterocycles. The second-order valence-corrected chi connectivity index (χ2v) is 6.28. The van der Waals surface area contributed by atoms with Crippen LogP contribution in [0.3, 0.4) is 0 Å². The summed E-state index contributed by atoms with van der Waals surface area (Å²) in [4.78, 5) is 23.6. The number of hydrogen-bond donors (Lipinski definition) is 3. The largest absolute Gasteiger partial charge is 0.368 e. The molecule has 0 fully saturated rings. The predicted octanol–water partition coefficient (Wildman–Crippen LogP) is 3.70. The number of nitrogens with zero attached hydrogens (tertiary/aromatic N) is 2. The highest BCUT2D eigenvalue weighted by atomic mass is 35.5. The van der Waals surface area contributed by atoms with E-state index >= 15 is 0 Å². The first-order valence-corrected chi connectivity index (χ1v) is 8.16. The molecule has 0 unspecified atom stereocenters. The minimum Gasteiger partial charge on any atom is -0.368 e. The lowest BCUT2D eigenvalue weighted by atomic mass is 10.0. The maximum atomic E-state index is 12.3. The zero-order chi connectivity index (χ0) is 18.1. The van der Waals surface area contributed by atoms with Crippen molar-refractivity contribution in [2.24, 2.45) is 0 Å². The number of H-pyrrole nitrogens is 1. The number of aromatic amines is 1. The van der Waals surface area contributed by atoms with Gasteiger partial charge in [-0.15, -0.1) is 0 Å². The number of nitrogens with one attached hydrogen (secondary N) is 2. The molecule has 1 aromatic carbocycles. The van der Waals surface area contributed by atoms with Gasteiger partial charge in [-0.2, -0.15) is 0 Å². The Bertz CT molecular complexity index is 968. The Labute approximate surface area is 154 Å². The standard InChI is InChI=1S/C17H15Cl2N5O/c1-8-3-4-9(18)5-10(8)14-11(16(25)21-2)6-13(23-14)15-12(19)7-22-17(20)24-15/h3-7,23H,1-2H3,(H,21,25)(H2,20,22,24). The number of anilines is 1. The monoisotopic (exact) mass is 375 g/mol. The van der Waals surface area contributed by atoms with Crippen LogP contribution >= 0.6 is 23.2 Å². The van der Waals surface area contributed by atoms with Crippen LogP contribution in [0.4, 0.5) is 5.95 Å². The van der Waals surface area contributed by atoms with Crippen LogP contribution in [-0.2, 0) is 0 Å². The molecule has 3 aromatic rings. The molecule has 8 heteroatoms. The van der Waals surface area contributed by atoms with Gasteiger partial charge in [0.2, 0.25) is 5.95 Å². The fraction of sp³-hybridized carbons (Fsp3) is 0.118. The Morgan fingerprint density at radius 1 is 1.28 bits per heavy atom. The first-order valence-electron chi connectivity index (χ1n) is 7.40. The van der Waals surface area contributed by atoms with E-state index in [0.717, 1.165) is 11.1 Å². The predicted molar refractivity (Wildman–Crippen MR) is 99.8 cm³/mol. The van der Waals surface area contributed by atoms with Crippen LogP contribution in [0, 0.1) is 6.92 Å². The highest BCUT2D eigenvalue weighted by Gasteiger charge is 2.20. The van der Waals surface area contributed by atoms with Crippen molar-refractivity contribution in [3.63, 3.8) is 0 Å². The third-order valence-corrected chi connectivity index (χ3v) is 4.29. The van der Waals surface area contributed by atoms with Gasteiger partial charge in [-0.1, -0.05) is 29.3 Å². The summed E-state index contributed by atoms with van der Waals surface area (Å²) >= 11 is 12.3. The van der Waals surface area contributed by atoms with E-state index in [4.69, 9.17) is 28.9 Å². The molecule has 0 radical (unpaired) electrons. The number of benzene rings is 1. The van der Waals surface area contributed by atoms with E-state index in [9.17, 15) is 4.79 Å². The number of carbonyl (C=O) groups is 1. The Kier molecular flexibility index (Phi) is 4.65. The summed E-state index contributed by atoms with van der Waals surface area (Å²) in [7, 11) is 1.57. The van der Waals surface area contributed by atoms with Crippen LogP contribution in [0.2, 0.25) is 10.0 Å². The summed E-state index contributed by atoms with van der Waals surface area (Å²) in [6.45, 7) is 1.94. The van der Waals surface area contributed by atoms with Gasteiger partial charge in [0.15, 0.2) is 0 Å². The topological polar surface area (TPSA) is 96.7 Å². The van der Waals surface area contributed by atoms with E-state index < -0.39 is 0 Å². The van der Waals surface area contributed by atoms with Gasteiger partial charge < -0.3 is 16.0 Å². The van der Waals surface area contributed by atoms with Crippen LogP contribution in [0.1, 0.15) is 15.9 Å². The normalized spacial score (nSPS) is 10.7. The molecular formula is C17H15Cl2N5O. The summed E-state index contributed by atoms with van der Waals surface area (Å²) in [5, 5.41) is 3.53. The minimum absolute atomic E-state index is 0.0935. The second kappa shape index (κ2) is 6.74. The second-order valence-electron chi connectivity index (χ2n) is 5.43. The van der Waals surface area contributed by atoms with Crippen LogP contribution in [0.15, 0.2) is 30.5 Å². The van der Waals surface area contributed by atoms with E-state index in [-0.39, 0.29) is 11.9 Å². The Balaban J connectivity index is 2.25. The third kappa shape index (κ3) is 3.31. The van der Waals surface area contributed by atoms with Crippen molar-refractivity contribution >= 4 is 35.1 Å². The lowest BCUT2D eigenvalue weighted by molar-refractivity contribution is 0.0964. The van der Waals surface area contributed by atoms with Crippen molar-refractivity contribution in [3.05, 3.63) is 51.6 Å². The molecule has 128 valence electrons. The van der Waals surface area contributed by atoms with Crippen molar-refractivity contribution in [2.75, 3.05) is 12.8 Å². The molecule has 6 nitrogen and oxygen atoms in total. The number of halogens is 2. The van der Waals surface area contributed by atoms with Crippen molar-refractivity contribution < 1.29 is 4.79 Å². The van der Waals surface area contributed by atoms with Crippen molar-refractivity contribution in [2.45, 2.75) is 6.92 Å². The molecule has 0 spiro atoms. The summed E-state index contributed by atoms with van der Waals surface area (Å²) in [5.41, 5.74) is 9.51. The molecule has 0 aliphatic heterocycles. The van der Waals surface area contributed by atoms with Crippen molar-refractivity contribution in [1.29, 1.82) is 0 Å². The van der Waals surface area contributed by atoms with Crippen LogP contribution in [0.25, 0.3) is 22.6 Å². The van der Waals surface area contributed by atoms with E-state index in [1.165, 1.54) is 6.20 Å². The van der Waals surface area contributed by atoms with E-state index in [2.05, 4.69) is 20.3 Å². The lowest BCUT2D eigenvalue weighted by Gasteiger charge is -2.07. The Morgan fingerprint density at radius 3 is 2.76 bits per heavy atom. The van der Waals surface area contributed by atoms with Crippen molar-refractivity contribution in [3.8, 4) is 22.6 Å². The van der Waals surface area contributed by atoms with Gasteiger partial charge >= 0.3 is 0 Å². The Hall–Kier alpha value is -2.57. The molecule has 0 atom stereocenters. The number of nitrogen functional groups attached to an aromatic ring is 1. The molecule has 2 heterocycles. The van der Waals surface area contributed by atoms with Gasteiger partial charge in [-0.05, 0) is 30.7 Å². The highest BCUT2D eigenvalue weighted by molar-refractivity contribution is 6.33. The molecule has 0 saturated carbocycles. The molecule has 25 heavy (non-hydrogen) atoms. The molecule has 4 N–H and O–H groups in total. The Morgan fingerprint density at radius 2 is 2.04 bits per heavy atom. The maximum absolute atomic E-state index is 12.3. The van der Waals surface area contributed by atoms with E-state index in [1.54, 1.807) is 25.2 Å². The maximum Gasteiger partial charge on any atom is 0.253 e. The quantitative estimate of drug-likeness (QED) is 0.649. The minimum atomic E-state index is -0.241. The molecule has 0 aliphatic carbocycles.